The summed E-state index contributed by atoms with van der Waals surface area (Å²) in [4.78, 5) is 7.34. The molecule has 8 heteroatoms. The van der Waals surface area contributed by atoms with E-state index in [1.54, 1.807) is 7.11 Å². The predicted molar refractivity (Wildman–Crippen MR) is 136 cm³/mol. The number of ether oxygens (including phenoxy) is 1. The molecule has 1 aromatic carbocycles. The van der Waals surface area contributed by atoms with Gasteiger partial charge in [0.15, 0.2) is 11.8 Å². The summed E-state index contributed by atoms with van der Waals surface area (Å²) < 4.78 is 7.20. The van der Waals surface area contributed by atoms with Gasteiger partial charge in [-0.2, -0.15) is 0 Å². The van der Waals surface area contributed by atoms with Crippen LogP contribution in [0.3, 0.4) is 0 Å². The molecule has 1 N–H and O–H groups in total. The van der Waals surface area contributed by atoms with Crippen molar-refractivity contribution in [2.75, 3.05) is 33.4 Å². The Balaban J connectivity index is 0.00000341. The smallest absolute Gasteiger partial charge is 0.194 e. The van der Waals surface area contributed by atoms with E-state index in [1.165, 1.54) is 5.56 Å². The summed E-state index contributed by atoms with van der Waals surface area (Å²) in [5.74, 6) is 3.99. The first-order valence-electron chi connectivity index (χ1n) is 11.1. The van der Waals surface area contributed by atoms with Crippen molar-refractivity contribution in [3.8, 4) is 0 Å². The summed E-state index contributed by atoms with van der Waals surface area (Å²) in [5, 5.41) is 12.0. The first-order chi connectivity index (χ1) is 14.6. The number of benzene rings is 1. The van der Waals surface area contributed by atoms with Crippen LogP contribution in [-0.4, -0.2) is 59.0 Å². The van der Waals surface area contributed by atoms with Crippen LogP contribution in [-0.2, 0) is 18.3 Å². The number of piperidine rings is 1. The van der Waals surface area contributed by atoms with Gasteiger partial charge in [-0.1, -0.05) is 43.7 Å². The number of aryl methyl sites for hydroxylation is 1. The van der Waals surface area contributed by atoms with Crippen LogP contribution < -0.4 is 5.32 Å². The molecule has 31 heavy (non-hydrogen) atoms. The Morgan fingerprint density at radius 2 is 2.03 bits per heavy atom. The minimum atomic E-state index is 0. The van der Waals surface area contributed by atoms with Crippen molar-refractivity contribution in [2.45, 2.75) is 45.6 Å². The molecule has 1 aliphatic rings. The largest absolute Gasteiger partial charge is 0.385 e. The molecule has 0 amide bonds. The average molecular weight is 540 g/mol. The Kier molecular flexibility index (Phi) is 10.7. The number of methoxy groups -OCH3 is 1. The third-order valence-electron chi connectivity index (χ3n) is 6.15. The Morgan fingerprint density at radius 3 is 2.68 bits per heavy atom. The van der Waals surface area contributed by atoms with Crippen molar-refractivity contribution in [1.29, 1.82) is 0 Å². The van der Waals surface area contributed by atoms with Gasteiger partial charge < -0.3 is 19.5 Å². The number of nitrogens with zero attached hydrogens (tertiary/aromatic N) is 5. The number of aromatic nitrogens is 3. The van der Waals surface area contributed by atoms with E-state index in [1.807, 2.05) is 18.5 Å². The molecule has 3 rings (SSSR count). The minimum Gasteiger partial charge on any atom is -0.385 e. The molecule has 1 aliphatic heterocycles. The summed E-state index contributed by atoms with van der Waals surface area (Å²) in [5.41, 5.74) is 1.46. The van der Waals surface area contributed by atoms with Crippen LogP contribution in [0.5, 0.6) is 0 Å². The fourth-order valence-electron chi connectivity index (χ4n) is 4.20. The van der Waals surface area contributed by atoms with Crippen LogP contribution in [0, 0.1) is 12.8 Å². The molecule has 2 atom stereocenters. The zero-order valence-electron chi connectivity index (χ0n) is 19.3. The van der Waals surface area contributed by atoms with Crippen molar-refractivity contribution >= 4 is 29.9 Å². The SMILES string of the molecule is CCC1CN(C(=NCc2nnc(C)n2C)NCCCOC)CCC1c1ccccc1.I. The normalized spacial score (nSPS) is 19.2. The lowest BCUT2D eigenvalue weighted by molar-refractivity contribution is 0.193. The zero-order valence-corrected chi connectivity index (χ0v) is 21.6. The molecule has 2 aromatic rings. The predicted octanol–water partition coefficient (Wildman–Crippen LogP) is 3.74. The summed E-state index contributed by atoms with van der Waals surface area (Å²) in [6.07, 6.45) is 3.26. The maximum Gasteiger partial charge on any atom is 0.194 e. The van der Waals surface area contributed by atoms with E-state index >= 15 is 0 Å². The number of likely N-dealkylation sites (tertiary alicyclic amines) is 1. The van der Waals surface area contributed by atoms with E-state index in [0.29, 0.717) is 18.4 Å². The molecule has 0 radical (unpaired) electrons. The monoisotopic (exact) mass is 540 g/mol. The van der Waals surface area contributed by atoms with Gasteiger partial charge in [-0.05, 0) is 37.2 Å². The van der Waals surface area contributed by atoms with Crippen LogP contribution in [0.15, 0.2) is 35.3 Å². The Labute approximate surface area is 203 Å². The Hall–Kier alpha value is -1.68. The van der Waals surface area contributed by atoms with Crippen LogP contribution in [0.2, 0.25) is 0 Å². The van der Waals surface area contributed by atoms with Crippen molar-refractivity contribution in [2.24, 2.45) is 18.0 Å². The second-order valence-corrected chi connectivity index (χ2v) is 8.06. The second kappa shape index (κ2) is 13.0. The molecule has 0 spiro atoms. The van der Waals surface area contributed by atoms with Gasteiger partial charge in [-0.15, -0.1) is 34.2 Å². The molecule has 1 fully saturated rings. The number of halogens is 1. The maximum atomic E-state index is 5.20. The Morgan fingerprint density at radius 1 is 1.26 bits per heavy atom. The van der Waals surface area contributed by atoms with E-state index in [-0.39, 0.29) is 24.0 Å². The van der Waals surface area contributed by atoms with Crippen molar-refractivity contribution in [3.63, 3.8) is 0 Å². The van der Waals surface area contributed by atoms with Gasteiger partial charge in [0.25, 0.3) is 0 Å². The van der Waals surface area contributed by atoms with Crippen LogP contribution >= 0.6 is 24.0 Å². The molecule has 1 aromatic heterocycles. The van der Waals surface area contributed by atoms with Gasteiger partial charge in [0, 0.05) is 40.4 Å². The lowest BCUT2D eigenvalue weighted by Crippen LogP contribution is -2.48. The molecule has 2 unspecified atom stereocenters. The molecule has 2 heterocycles. The van der Waals surface area contributed by atoms with Gasteiger partial charge in [0.05, 0.1) is 0 Å². The highest BCUT2D eigenvalue weighted by molar-refractivity contribution is 14.0. The number of guanidine groups is 1. The van der Waals surface area contributed by atoms with Gasteiger partial charge in [-0.25, -0.2) is 4.99 Å². The van der Waals surface area contributed by atoms with Gasteiger partial charge in [0.1, 0.15) is 12.4 Å². The minimum absolute atomic E-state index is 0. The highest BCUT2D eigenvalue weighted by atomic mass is 127. The van der Waals surface area contributed by atoms with E-state index in [4.69, 9.17) is 9.73 Å². The van der Waals surface area contributed by atoms with E-state index in [9.17, 15) is 0 Å². The molecule has 0 saturated carbocycles. The first-order valence-corrected chi connectivity index (χ1v) is 11.1. The maximum absolute atomic E-state index is 5.20. The molecular weight excluding hydrogens is 503 g/mol. The second-order valence-electron chi connectivity index (χ2n) is 8.06. The average Bonchev–Trinajstić information content (AvgIpc) is 3.11. The lowest BCUT2D eigenvalue weighted by Gasteiger charge is -2.40. The molecule has 0 bridgehead atoms. The van der Waals surface area contributed by atoms with Crippen molar-refractivity contribution in [1.82, 2.24) is 25.0 Å². The standard InChI is InChI=1S/C23H36N6O.HI/c1-5-19-17-29(14-12-21(19)20-10-7-6-8-11-20)23(24-13-9-15-30-4)25-16-22-27-26-18(2)28(22)3;/h6-8,10-11,19,21H,5,9,12-17H2,1-4H3,(H,24,25);1H. The molecule has 172 valence electrons. The topological polar surface area (TPSA) is 67.6 Å². The molecular formula is C23H37IN6O. The lowest BCUT2D eigenvalue weighted by atomic mass is 9.79. The fourth-order valence-corrected chi connectivity index (χ4v) is 4.20. The van der Waals surface area contributed by atoms with Crippen LogP contribution in [0.4, 0.5) is 0 Å². The Bertz CT molecular complexity index is 810. The van der Waals surface area contributed by atoms with Gasteiger partial charge in [-0.3, -0.25) is 0 Å². The van der Waals surface area contributed by atoms with E-state index < -0.39 is 0 Å². The van der Waals surface area contributed by atoms with E-state index in [2.05, 4.69) is 57.7 Å². The summed E-state index contributed by atoms with van der Waals surface area (Å²) >= 11 is 0. The summed E-state index contributed by atoms with van der Waals surface area (Å²) in [7, 11) is 3.73. The quantitative estimate of drug-likeness (QED) is 0.239. The zero-order chi connectivity index (χ0) is 21.3. The number of hydrogen-bond acceptors (Lipinski definition) is 4. The van der Waals surface area contributed by atoms with Gasteiger partial charge >= 0.3 is 0 Å². The number of hydrogen-bond donors (Lipinski definition) is 1. The first kappa shape index (κ1) is 25.6. The third-order valence-corrected chi connectivity index (χ3v) is 6.15. The molecule has 0 aliphatic carbocycles. The van der Waals surface area contributed by atoms with E-state index in [0.717, 1.165) is 63.1 Å². The summed E-state index contributed by atoms with van der Waals surface area (Å²) in [6, 6.07) is 11.0. The third kappa shape index (κ3) is 6.90. The number of aliphatic imine (C=N–C) groups is 1. The molecule has 7 nitrogen and oxygen atoms in total. The van der Waals surface area contributed by atoms with Crippen molar-refractivity contribution < 1.29 is 4.74 Å². The van der Waals surface area contributed by atoms with Crippen LogP contribution in [0.25, 0.3) is 0 Å². The fraction of sp³-hybridized carbons (Fsp3) is 0.609. The van der Waals surface area contributed by atoms with Crippen LogP contribution in [0.1, 0.15) is 49.3 Å². The summed E-state index contributed by atoms with van der Waals surface area (Å²) in [6.45, 7) is 8.41. The van der Waals surface area contributed by atoms with Gasteiger partial charge in [0.2, 0.25) is 0 Å². The highest BCUT2D eigenvalue weighted by Crippen LogP contribution is 2.34. The molecule has 1 saturated heterocycles. The number of nitrogens with one attached hydrogen (secondary N) is 1. The number of rotatable bonds is 8. The highest BCUT2D eigenvalue weighted by Gasteiger charge is 2.30. The van der Waals surface area contributed by atoms with Crippen molar-refractivity contribution in [3.05, 3.63) is 47.5 Å².